The van der Waals surface area contributed by atoms with E-state index in [1.165, 1.54) is 24.1 Å². The molecule has 8 nitrogen and oxygen atoms in total. The minimum atomic E-state index is -1.37. The molecule has 0 aromatic carbocycles. The maximum atomic E-state index is 14.5. The van der Waals surface area contributed by atoms with Crippen molar-refractivity contribution in [1.82, 2.24) is 19.5 Å². The molecular weight excluding hydrogens is 361 g/mol. The minimum Gasteiger partial charge on any atom is -0.463 e. The zero-order chi connectivity index (χ0) is 15.9. The average Bonchev–Trinajstić information content (AvgIpc) is 3.01. The molecule has 1 aliphatic heterocycles. The van der Waals surface area contributed by atoms with Gasteiger partial charge in [0, 0.05) is 6.92 Å². The van der Waals surface area contributed by atoms with Gasteiger partial charge in [0.15, 0.2) is 23.9 Å². The fraction of sp³-hybridized carbons (Fsp3) is 0.500. The Bertz CT molecular complexity index is 711. The summed E-state index contributed by atoms with van der Waals surface area (Å²) in [5, 5.41) is 0. The molecule has 10 heteroatoms. The highest BCUT2D eigenvalue weighted by Gasteiger charge is 2.45. The minimum absolute atomic E-state index is 0.0358. The number of imidazole rings is 1. The number of esters is 1. The summed E-state index contributed by atoms with van der Waals surface area (Å²) in [5.74, 6) is -0.236. The molecule has 118 valence electrons. The third-order valence-electron chi connectivity index (χ3n) is 3.36. The van der Waals surface area contributed by atoms with Crippen LogP contribution in [0.3, 0.4) is 0 Å². The Kier molecular flexibility index (Phi) is 3.96. The van der Waals surface area contributed by atoms with Gasteiger partial charge in [0.1, 0.15) is 24.6 Å². The van der Waals surface area contributed by atoms with Crippen molar-refractivity contribution in [2.45, 2.75) is 30.3 Å². The number of halogens is 2. The van der Waals surface area contributed by atoms with Gasteiger partial charge in [0.05, 0.1) is 11.2 Å². The number of rotatable bonds is 3. The van der Waals surface area contributed by atoms with E-state index in [1.54, 1.807) is 0 Å². The van der Waals surface area contributed by atoms with Gasteiger partial charge < -0.3 is 15.2 Å². The fourth-order valence-corrected chi connectivity index (χ4v) is 2.84. The van der Waals surface area contributed by atoms with Crippen molar-refractivity contribution >= 4 is 38.9 Å². The second kappa shape index (κ2) is 5.76. The first-order valence-corrected chi connectivity index (χ1v) is 7.40. The number of fused-ring (bicyclic) bond motifs is 1. The van der Waals surface area contributed by atoms with E-state index in [4.69, 9.17) is 15.2 Å². The molecule has 2 aromatic rings. The number of alkyl halides is 2. The maximum absolute atomic E-state index is 14.5. The summed E-state index contributed by atoms with van der Waals surface area (Å²) in [6.07, 6.45) is -0.236. The molecule has 0 bridgehead atoms. The Morgan fingerprint density at radius 2 is 2.32 bits per heavy atom. The van der Waals surface area contributed by atoms with Crippen molar-refractivity contribution in [3.63, 3.8) is 0 Å². The molecule has 2 N–H and O–H groups in total. The second-order valence-corrected chi connectivity index (χ2v) is 5.90. The predicted octanol–water partition coefficient (Wildman–Crippen LogP) is 0.971. The maximum Gasteiger partial charge on any atom is 0.302 e. The Hall–Kier alpha value is -1.81. The summed E-state index contributed by atoms with van der Waals surface area (Å²) in [5.41, 5.74) is 6.47. The summed E-state index contributed by atoms with van der Waals surface area (Å²) in [6.45, 7) is 1.25. The molecule has 2 aromatic heterocycles. The van der Waals surface area contributed by atoms with Crippen LogP contribution in [0.4, 0.5) is 10.2 Å². The Morgan fingerprint density at radius 1 is 1.55 bits per heavy atom. The standard InChI is InChI=1S/C12H13BrFN5O3/c1-5(20)21-2-6-7(13)8(14)12(22-6)19-4-18-9-10(15)16-3-17-11(9)19/h3-4,6-8,12H,2H2,1H3,(H2,15,16,17)/t6-,7+,8-,12-/m1/s1. The molecule has 0 unspecified atom stereocenters. The Balaban J connectivity index is 1.87. The zero-order valence-corrected chi connectivity index (χ0v) is 13.1. The molecule has 0 spiro atoms. The topological polar surface area (TPSA) is 105 Å². The number of nitrogens with zero attached hydrogens (tertiary/aromatic N) is 4. The average molecular weight is 374 g/mol. The van der Waals surface area contributed by atoms with E-state index in [9.17, 15) is 9.18 Å². The van der Waals surface area contributed by atoms with Crippen molar-refractivity contribution in [3.05, 3.63) is 12.7 Å². The van der Waals surface area contributed by atoms with Gasteiger partial charge in [-0.3, -0.25) is 9.36 Å². The van der Waals surface area contributed by atoms with E-state index in [1.807, 2.05) is 0 Å². The number of anilines is 1. The van der Waals surface area contributed by atoms with Gasteiger partial charge in [0.25, 0.3) is 0 Å². The summed E-state index contributed by atoms with van der Waals surface area (Å²) in [7, 11) is 0. The molecule has 3 heterocycles. The van der Waals surface area contributed by atoms with Crippen LogP contribution < -0.4 is 5.73 Å². The highest BCUT2D eigenvalue weighted by molar-refractivity contribution is 9.09. The lowest BCUT2D eigenvalue weighted by atomic mass is 10.2. The quantitative estimate of drug-likeness (QED) is 0.631. The van der Waals surface area contributed by atoms with Crippen LogP contribution >= 0.6 is 15.9 Å². The van der Waals surface area contributed by atoms with Crippen molar-refractivity contribution < 1.29 is 18.7 Å². The number of aromatic nitrogens is 4. The molecule has 0 radical (unpaired) electrons. The number of nitrogen functional groups attached to an aromatic ring is 1. The third-order valence-corrected chi connectivity index (χ3v) is 4.45. The van der Waals surface area contributed by atoms with Crippen LogP contribution in [0.15, 0.2) is 12.7 Å². The first kappa shape index (κ1) is 15.1. The van der Waals surface area contributed by atoms with Crippen LogP contribution in [0.2, 0.25) is 0 Å². The Labute approximate surface area is 133 Å². The van der Waals surface area contributed by atoms with Gasteiger partial charge in [-0.2, -0.15) is 0 Å². The van der Waals surface area contributed by atoms with Crippen molar-refractivity contribution in [3.8, 4) is 0 Å². The predicted molar refractivity (Wildman–Crippen MR) is 77.9 cm³/mol. The smallest absolute Gasteiger partial charge is 0.302 e. The van der Waals surface area contributed by atoms with Crippen molar-refractivity contribution in [1.29, 1.82) is 0 Å². The molecule has 22 heavy (non-hydrogen) atoms. The Morgan fingerprint density at radius 3 is 3.05 bits per heavy atom. The molecule has 3 rings (SSSR count). The second-order valence-electron chi connectivity index (χ2n) is 4.84. The van der Waals surface area contributed by atoms with Crippen LogP contribution in [0, 0.1) is 0 Å². The summed E-state index contributed by atoms with van der Waals surface area (Å²) in [6, 6.07) is 0. The van der Waals surface area contributed by atoms with Gasteiger partial charge in [0.2, 0.25) is 0 Å². The number of hydrogen-bond acceptors (Lipinski definition) is 7. The summed E-state index contributed by atoms with van der Waals surface area (Å²) < 4.78 is 26.5. The normalized spacial score (nSPS) is 28.1. The molecule has 1 fully saturated rings. The molecule has 0 amide bonds. The van der Waals surface area contributed by atoms with E-state index >= 15 is 0 Å². The van der Waals surface area contributed by atoms with Crippen LogP contribution in [0.25, 0.3) is 11.2 Å². The first-order chi connectivity index (χ1) is 10.5. The number of hydrogen-bond donors (Lipinski definition) is 1. The summed E-state index contributed by atoms with van der Waals surface area (Å²) in [4.78, 5) is 22.3. The highest BCUT2D eigenvalue weighted by atomic mass is 79.9. The third kappa shape index (κ3) is 2.52. The lowest BCUT2D eigenvalue weighted by Crippen LogP contribution is -2.27. The largest absolute Gasteiger partial charge is 0.463 e. The van der Waals surface area contributed by atoms with Gasteiger partial charge in [-0.1, -0.05) is 15.9 Å². The number of carbonyl (C=O) groups excluding carboxylic acids is 1. The highest BCUT2D eigenvalue weighted by Crippen LogP contribution is 2.37. The SMILES string of the molecule is CC(=O)OC[C@H]1O[C@@H](n2cnc3c(N)ncnc32)[C@H](F)[C@H]1Br. The van der Waals surface area contributed by atoms with Gasteiger partial charge in [-0.05, 0) is 0 Å². The number of carbonyl (C=O) groups is 1. The number of nitrogens with two attached hydrogens (primary N) is 1. The van der Waals surface area contributed by atoms with Gasteiger partial charge in [-0.25, -0.2) is 19.3 Å². The van der Waals surface area contributed by atoms with E-state index < -0.39 is 29.3 Å². The lowest BCUT2D eigenvalue weighted by molar-refractivity contribution is -0.145. The number of ether oxygens (including phenoxy) is 2. The van der Waals surface area contributed by atoms with Crippen LogP contribution in [-0.2, 0) is 14.3 Å². The molecule has 4 atom stereocenters. The van der Waals surface area contributed by atoms with E-state index in [0.29, 0.717) is 11.2 Å². The molecule has 0 saturated carbocycles. The van der Waals surface area contributed by atoms with Crippen LogP contribution in [0.5, 0.6) is 0 Å². The van der Waals surface area contributed by atoms with E-state index in [-0.39, 0.29) is 12.4 Å². The monoisotopic (exact) mass is 373 g/mol. The molecule has 0 aliphatic carbocycles. The van der Waals surface area contributed by atoms with Crippen molar-refractivity contribution in [2.75, 3.05) is 12.3 Å². The van der Waals surface area contributed by atoms with Gasteiger partial charge >= 0.3 is 5.97 Å². The van der Waals surface area contributed by atoms with E-state index in [2.05, 4.69) is 30.9 Å². The zero-order valence-electron chi connectivity index (χ0n) is 11.5. The van der Waals surface area contributed by atoms with Gasteiger partial charge in [-0.15, -0.1) is 0 Å². The molecular formula is C12H13BrFN5O3. The van der Waals surface area contributed by atoms with Crippen molar-refractivity contribution in [2.24, 2.45) is 0 Å². The van der Waals surface area contributed by atoms with Crippen LogP contribution in [0.1, 0.15) is 13.2 Å². The molecule has 1 saturated heterocycles. The van der Waals surface area contributed by atoms with Crippen LogP contribution in [-0.4, -0.2) is 49.2 Å². The molecule has 1 aliphatic rings. The fourth-order valence-electron chi connectivity index (χ4n) is 2.30. The lowest BCUT2D eigenvalue weighted by Gasteiger charge is -2.15. The van der Waals surface area contributed by atoms with E-state index in [0.717, 1.165) is 0 Å². The first-order valence-electron chi connectivity index (χ1n) is 6.49. The summed E-state index contributed by atoms with van der Waals surface area (Å²) >= 11 is 3.24.